The summed E-state index contributed by atoms with van der Waals surface area (Å²) in [6, 6.07) is 7.30. The van der Waals surface area contributed by atoms with Crippen LogP contribution in [0.5, 0.6) is 5.75 Å². The minimum absolute atomic E-state index is 0.0325. The zero-order valence-electron chi connectivity index (χ0n) is 14.1. The lowest BCUT2D eigenvalue weighted by Gasteiger charge is -2.26. The fraction of sp³-hybridized carbons (Fsp3) is 0.222. The number of carbonyl (C=O) groups is 2. The third-order valence-corrected chi connectivity index (χ3v) is 4.47. The number of fused-ring (bicyclic) bond motifs is 2. The maximum atomic E-state index is 12.9. The smallest absolute Gasteiger partial charge is 0.421 e. The number of pyridine rings is 1. The van der Waals surface area contributed by atoms with Gasteiger partial charge in [0.05, 0.1) is 5.69 Å². The first-order valence-electron chi connectivity index (χ1n) is 8.01. The van der Waals surface area contributed by atoms with Gasteiger partial charge in [0.2, 0.25) is 0 Å². The van der Waals surface area contributed by atoms with Crippen molar-refractivity contribution in [1.82, 2.24) is 9.55 Å². The van der Waals surface area contributed by atoms with Crippen LogP contribution in [0.25, 0.3) is 11.2 Å². The molecule has 1 aliphatic heterocycles. The Morgan fingerprint density at radius 3 is 2.88 bits per heavy atom. The van der Waals surface area contributed by atoms with Crippen LogP contribution in [0.2, 0.25) is 0 Å². The molecule has 1 aromatic carbocycles. The van der Waals surface area contributed by atoms with E-state index in [-0.39, 0.29) is 18.3 Å². The van der Waals surface area contributed by atoms with Gasteiger partial charge in [-0.15, -0.1) is 0 Å². The predicted molar refractivity (Wildman–Crippen MR) is 92.7 cm³/mol. The third-order valence-electron chi connectivity index (χ3n) is 4.47. The van der Waals surface area contributed by atoms with Gasteiger partial charge in [0.25, 0.3) is 5.91 Å². The summed E-state index contributed by atoms with van der Waals surface area (Å²) in [7, 11) is 1.62. The van der Waals surface area contributed by atoms with Crippen molar-refractivity contribution in [2.24, 2.45) is 0 Å². The number of carbonyl (C=O) groups excluding carboxylic acids is 2. The van der Waals surface area contributed by atoms with Gasteiger partial charge in [-0.05, 0) is 37.3 Å². The molecule has 3 aromatic rings. The molecule has 8 heteroatoms. The minimum atomic E-state index is -0.817. The lowest BCUT2D eigenvalue weighted by atomic mass is 10.0. The summed E-state index contributed by atoms with van der Waals surface area (Å²) < 4.78 is 11.7. The van der Waals surface area contributed by atoms with Crippen LogP contribution in [-0.2, 0) is 4.79 Å². The van der Waals surface area contributed by atoms with Crippen molar-refractivity contribution in [3.8, 4) is 5.75 Å². The summed E-state index contributed by atoms with van der Waals surface area (Å²) >= 11 is 0. The highest BCUT2D eigenvalue weighted by Crippen LogP contribution is 2.33. The number of Topliss-reactive ketones (excluding diaryl/α,β-unsaturated/α-hetero) is 1. The van der Waals surface area contributed by atoms with Crippen LogP contribution in [0, 0.1) is 0 Å². The molecule has 1 aliphatic rings. The summed E-state index contributed by atoms with van der Waals surface area (Å²) in [5.41, 5.74) is 1.51. The Kier molecular flexibility index (Phi) is 3.61. The van der Waals surface area contributed by atoms with E-state index in [0.29, 0.717) is 28.2 Å². The SMILES string of the molecule is CC(C(=O)c1ccc2c(c1)N(C)C(=O)CO2)n1c(=O)oc2cccnc21. The topological polar surface area (TPSA) is 94.6 Å². The first-order chi connectivity index (χ1) is 12.5. The quantitative estimate of drug-likeness (QED) is 0.666. The molecular formula is C18H15N3O5. The van der Waals surface area contributed by atoms with E-state index in [9.17, 15) is 14.4 Å². The zero-order valence-corrected chi connectivity index (χ0v) is 14.1. The van der Waals surface area contributed by atoms with Gasteiger partial charge in [-0.2, -0.15) is 0 Å². The normalized spacial score (nSPS) is 14.8. The average molecular weight is 353 g/mol. The number of aromatic nitrogens is 2. The largest absolute Gasteiger partial charge is 0.482 e. The monoisotopic (exact) mass is 353 g/mol. The highest BCUT2D eigenvalue weighted by atomic mass is 16.5. The number of likely N-dealkylation sites (N-methyl/N-ethyl adjacent to an activating group) is 1. The van der Waals surface area contributed by atoms with Gasteiger partial charge in [-0.3, -0.25) is 9.59 Å². The molecule has 1 amide bonds. The van der Waals surface area contributed by atoms with Crippen LogP contribution in [0.3, 0.4) is 0 Å². The summed E-state index contributed by atoms with van der Waals surface area (Å²) in [6.45, 7) is 1.58. The van der Waals surface area contributed by atoms with Crippen LogP contribution in [0.1, 0.15) is 23.3 Å². The van der Waals surface area contributed by atoms with Crippen molar-refractivity contribution in [2.75, 3.05) is 18.6 Å². The van der Waals surface area contributed by atoms with E-state index in [1.54, 1.807) is 44.3 Å². The Morgan fingerprint density at radius 1 is 1.27 bits per heavy atom. The van der Waals surface area contributed by atoms with E-state index in [0.717, 1.165) is 0 Å². The van der Waals surface area contributed by atoms with E-state index < -0.39 is 11.8 Å². The average Bonchev–Trinajstić information content (AvgIpc) is 2.99. The standard InChI is InChI=1S/C18H15N3O5/c1-10(21-17-14(26-18(21)24)4-3-7-19-17)16(23)11-5-6-13-12(8-11)20(2)15(22)9-25-13/h3-8,10H,9H2,1-2H3. The number of ether oxygens (including phenoxy) is 1. The maximum absolute atomic E-state index is 12.9. The maximum Gasteiger partial charge on any atom is 0.421 e. The van der Waals surface area contributed by atoms with Crippen molar-refractivity contribution < 1.29 is 18.7 Å². The zero-order chi connectivity index (χ0) is 18.4. The molecule has 0 saturated heterocycles. The summed E-state index contributed by atoms with van der Waals surface area (Å²) in [5.74, 6) is -0.608. The number of benzene rings is 1. The predicted octanol–water partition coefficient (Wildman–Crippen LogP) is 1.79. The van der Waals surface area contributed by atoms with Gasteiger partial charge in [-0.25, -0.2) is 14.3 Å². The first-order valence-corrected chi connectivity index (χ1v) is 8.01. The minimum Gasteiger partial charge on any atom is -0.482 e. The molecule has 3 heterocycles. The molecule has 4 rings (SSSR count). The number of oxazole rings is 1. The van der Waals surface area contributed by atoms with E-state index >= 15 is 0 Å². The Labute approximate surface area is 147 Å². The third kappa shape index (κ3) is 2.38. The lowest BCUT2D eigenvalue weighted by Crippen LogP contribution is -2.35. The van der Waals surface area contributed by atoms with E-state index in [2.05, 4.69) is 4.98 Å². The highest BCUT2D eigenvalue weighted by Gasteiger charge is 2.27. The van der Waals surface area contributed by atoms with Gasteiger partial charge < -0.3 is 14.1 Å². The van der Waals surface area contributed by atoms with Crippen LogP contribution < -0.4 is 15.4 Å². The molecule has 0 saturated carbocycles. The van der Waals surface area contributed by atoms with Crippen molar-refractivity contribution in [3.05, 3.63) is 52.6 Å². The van der Waals surface area contributed by atoms with Gasteiger partial charge in [-0.1, -0.05) is 0 Å². The number of anilines is 1. The number of hydrogen-bond acceptors (Lipinski definition) is 6. The van der Waals surface area contributed by atoms with Crippen molar-refractivity contribution >= 4 is 28.6 Å². The fourth-order valence-corrected chi connectivity index (χ4v) is 3.00. The van der Waals surface area contributed by atoms with Crippen molar-refractivity contribution in [3.63, 3.8) is 0 Å². The van der Waals surface area contributed by atoms with Crippen LogP contribution in [0.15, 0.2) is 45.7 Å². The molecule has 0 N–H and O–H groups in total. The highest BCUT2D eigenvalue weighted by molar-refractivity contribution is 6.03. The van der Waals surface area contributed by atoms with Crippen LogP contribution in [-0.4, -0.2) is 34.9 Å². The Bertz CT molecular complexity index is 1100. The number of hydrogen-bond donors (Lipinski definition) is 0. The van der Waals surface area contributed by atoms with E-state index in [1.165, 1.54) is 15.7 Å². The van der Waals surface area contributed by atoms with Crippen LogP contribution >= 0.6 is 0 Å². The molecule has 0 fully saturated rings. The Balaban J connectivity index is 1.75. The Hall–Kier alpha value is -3.42. The van der Waals surface area contributed by atoms with E-state index in [1.807, 2.05) is 0 Å². The van der Waals surface area contributed by atoms with Gasteiger partial charge in [0, 0.05) is 18.8 Å². The summed E-state index contributed by atoms with van der Waals surface area (Å²) in [5, 5.41) is 0. The van der Waals surface area contributed by atoms with Gasteiger partial charge >= 0.3 is 5.76 Å². The molecule has 0 radical (unpaired) electrons. The fourth-order valence-electron chi connectivity index (χ4n) is 3.00. The molecule has 132 valence electrons. The Morgan fingerprint density at radius 2 is 2.08 bits per heavy atom. The molecule has 1 atom stereocenters. The summed E-state index contributed by atoms with van der Waals surface area (Å²) in [4.78, 5) is 42.5. The number of rotatable bonds is 3. The summed E-state index contributed by atoms with van der Waals surface area (Å²) in [6.07, 6.45) is 1.53. The molecule has 0 aliphatic carbocycles. The molecule has 1 unspecified atom stereocenters. The van der Waals surface area contributed by atoms with Crippen molar-refractivity contribution in [2.45, 2.75) is 13.0 Å². The second-order valence-electron chi connectivity index (χ2n) is 6.03. The van der Waals surface area contributed by atoms with Gasteiger partial charge in [0.1, 0.15) is 11.8 Å². The first kappa shape index (κ1) is 16.1. The van der Waals surface area contributed by atoms with E-state index in [4.69, 9.17) is 9.15 Å². The van der Waals surface area contributed by atoms with Gasteiger partial charge in [0.15, 0.2) is 23.6 Å². The molecule has 8 nitrogen and oxygen atoms in total. The molecule has 26 heavy (non-hydrogen) atoms. The second kappa shape index (κ2) is 5.83. The number of nitrogens with zero attached hydrogens (tertiary/aromatic N) is 3. The molecule has 2 aromatic heterocycles. The number of amides is 1. The molecule has 0 spiro atoms. The molecule has 0 bridgehead atoms. The van der Waals surface area contributed by atoms with Crippen LogP contribution in [0.4, 0.5) is 5.69 Å². The number of ketones is 1. The second-order valence-corrected chi connectivity index (χ2v) is 6.03. The molecular weight excluding hydrogens is 338 g/mol. The lowest BCUT2D eigenvalue weighted by molar-refractivity contribution is -0.120. The van der Waals surface area contributed by atoms with Crippen molar-refractivity contribution in [1.29, 1.82) is 0 Å².